The molecule has 2 aromatic rings. The van der Waals surface area contributed by atoms with Crippen molar-refractivity contribution in [1.29, 1.82) is 5.41 Å². The number of hydrogen-bond acceptors (Lipinski definition) is 8. The minimum atomic E-state index is -0.163. The molecule has 2 rings (SSSR count). The van der Waals surface area contributed by atoms with E-state index in [1.807, 2.05) is 20.0 Å². The first-order valence-electron chi connectivity index (χ1n) is 12.0. The summed E-state index contributed by atoms with van der Waals surface area (Å²) < 4.78 is 2.14. The monoisotopic (exact) mass is 608 g/mol. The molecule has 1 aromatic heterocycles. The maximum absolute atomic E-state index is 12.2. The molecular weight excluding hydrogens is 567 g/mol. The van der Waals surface area contributed by atoms with Gasteiger partial charge in [-0.15, -0.1) is 0 Å². The number of nitrogens with one attached hydrogen (secondary N) is 4. The Kier molecular flexibility index (Phi) is 10.1. The van der Waals surface area contributed by atoms with Crippen molar-refractivity contribution in [2.45, 2.75) is 41.5 Å². The average molecular weight is 609 g/mol. The van der Waals surface area contributed by atoms with Crippen molar-refractivity contribution >= 4 is 58.3 Å². The lowest BCUT2D eigenvalue weighted by atomic mass is 9.94. The van der Waals surface area contributed by atoms with Gasteiger partial charge in [-0.2, -0.15) is 9.97 Å². The van der Waals surface area contributed by atoms with Gasteiger partial charge in [-0.05, 0) is 42.5 Å². The topological polar surface area (TPSA) is 109 Å². The zero-order valence-electron chi connectivity index (χ0n) is 23.0. The molecule has 0 aliphatic heterocycles. The van der Waals surface area contributed by atoms with Gasteiger partial charge in [0.05, 0.1) is 5.56 Å². The molecule has 9 nitrogen and oxygen atoms in total. The van der Waals surface area contributed by atoms with Crippen molar-refractivity contribution in [3.05, 3.63) is 34.9 Å². The van der Waals surface area contributed by atoms with Gasteiger partial charge in [-0.1, -0.05) is 40.7 Å². The smallest absolute Gasteiger partial charge is 0.251 e. The number of aryl methyl sites for hydroxylation is 1. The number of aromatic nitrogens is 2. The maximum atomic E-state index is 12.2. The molecule has 198 valence electrons. The van der Waals surface area contributed by atoms with E-state index in [4.69, 9.17) is 15.4 Å². The number of carbonyl (C=O) groups is 1. The lowest BCUT2D eigenvalue weighted by molar-refractivity contribution is 0.0963. The van der Waals surface area contributed by atoms with Crippen LogP contribution >= 0.6 is 22.9 Å². The predicted molar refractivity (Wildman–Crippen MR) is 159 cm³/mol. The molecule has 0 fully saturated rings. The second kappa shape index (κ2) is 12.2. The van der Waals surface area contributed by atoms with Crippen LogP contribution in [0.15, 0.2) is 18.2 Å². The van der Waals surface area contributed by atoms with E-state index in [-0.39, 0.29) is 16.7 Å². The zero-order valence-corrected chi connectivity index (χ0v) is 25.2. The normalized spacial score (nSPS) is 11.9. The molecule has 0 saturated carbocycles. The number of nitrogens with zero attached hydrogens (tertiary/aromatic N) is 4. The molecule has 4 N–H and O–H groups in total. The van der Waals surface area contributed by atoms with Crippen molar-refractivity contribution in [2.24, 2.45) is 10.8 Å². The Morgan fingerprint density at radius 1 is 1.14 bits per heavy atom. The number of rotatable bonds is 11. The molecule has 0 atom stereocenters. The second-order valence-corrected chi connectivity index (χ2v) is 12.9. The highest BCUT2D eigenvalue weighted by Gasteiger charge is 2.23. The fourth-order valence-corrected chi connectivity index (χ4v) is 4.90. The summed E-state index contributed by atoms with van der Waals surface area (Å²) in [5.74, 6) is 1.51. The molecule has 1 heterocycles. The highest BCUT2D eigenvalue weighted by Crippen LogP contribution is 2.30. The second-order valence-electron chi connectivity index (χ2n) is 11.2. The van der Waals surface area contributed by atoms with Crippen LogP contribution in [-0.2, 0) is 0 Å². The van der Waals surface area contributed by atoms with Crippen LogP contribution in [0.4, 0.5) is 23.3 Å². The third-order valence-electron chi connectivity index (χ3n) is 5.49. The molecule has 36 heavy (non-hydrogen) atoms. The van der Waals surface area contributed by atoms with Crippen LogP contribution < -0.4 is 20.9 Å². The van der Waals surface area contributed by atoms with Crippen molar-refractivity contribution in [3.63, 3.8) is 0 Å². The van der Waals surface area contributed by atoms with Crippen molar-refractivity contribution in [1.82, 2.24) is 18.4 Å². The van der Waals surface area contributed by atoms with E-state index in [9.17, 15) is 4.79 Å². The van der Waals surface area contributed by atoms with Crippen LogP contribution in [0.2, 0.25) is 0 Å². The summed E-state index contributed by atoms with van der Waals surface area (Å²) in [6.45, 7) is 15.2. The Labute approximate surface area is 229 Å². The zero-order chi connectivity index (χ0) is 27.3. The van der Waals surface area contributed by atoms with Crippen LogP contribution in [0.5, 0.6) is 0 Å². The Hall–Kier alpha value is -2.47. The summed E-state index contributed by atoms with van der Waals surface area (Å²) in [7, 11) is 5.65. The van der Waals surface area contributed by atoms with Gasteiger partial charge in [0, 0.05) is 74.1 Å². The van der Waals surface area contributed by atoms with E-state index in [0.29, 0.717) is 35.3 Å². The van der Waals surface area contributed by atoms with Crippen molar-refractivity contribution in [3.8, 4) is 0 Å². The highest BCUT2D eigenvalue weighted by atomic mass is 127. The molecule has 1 aromatic carbocycles. The fraction of sp³-hybridized carbons (Fsp3) is 0.538. The summed E-state index contributed by atoms with van der Waals surface area (Å²) in [6.07, 6.45) is 1.29. The van der Waals surface area contributed by atoms with Crippen LogP contribution in [0.25, 0.3) is 0 Å². The number of hydrogen-bond donors (Lipinski definition) is 4. The minimum Gasteiger partial charge on any atom is -0.358 e. The molecule has 0 bridgehead atoms. The van der Waals surface area contributed by atoms with E-state index in [0.717, 1.165) is 24.3 Å². The van der Waals surface area contributed by atoms with Gasteiger partial charge in [-0.3, -0.25) is 7.91 Å². The highest BCUT2D eigenvalue weighted by molar-refractivity contribution is 14.1. The molecule has 0 saturated heterocycles. The third kappa shape index (κ3) is 8.58. The Balaban J connectivity index is 2.56. The van der Waals surface area contributed by atoms with Gasteiger partial charge in [-0.25, -0.2) is 0 Å². The third-order valence-corrected chi connectivity index (χ3v) is 5.83. The van der Waals surface area contributed by atoms with E-state index < -0.39 is 0 Å². The summed E-state index contributed by atoms with van der Waals surface area (Å²) in [5.41, 5.74) is 2.87. The van der Waals surface area contributed by atoms with Gasteiger partial charge in [0.15, 0.2) is 0 Å². The van der Waals surface area contributed by atoms with Crippen LogP contribution in [0, 0.1) is 23.2 Å². The first-order valence-corrected chi connectivity index (χ1v) is 13.0. The van der Waals surface area contributed by atoms with Gasteiger partial charge in [0.1, 0.15) is 11.6 Å². The maximum Gasteiger partial charge on any atom is 0.251 e. The van der Waals surface area contributed by atoms with Crippen LogP contribution in [0.1, 0.15) is 56.1 Å². The minimum absolute atomic E-state index is 0.0109. The molecule has 0 radical (unpaired) electrons. The predicted octanol–water partition coefficient (Wildman–Crippen LogP) is 5.09. The molecule has 0 spiro atoms. The molecule has 1 amide bonds. The van der Waals surface area contributed by atoms with E-state index >= 15 is 0 Å². The molecular formula is C26H41IN8O. The standard InChI is InChI=1S/C26H41IN8O/c1-17-10-11-18(23(36)29-7)12-20(17)31-21-19(13-28)22(34(8)15-25(2,3)4)33-24(32-21)30-14-26(5,6)16-35(9)27/h10-13,28H,14-16H2,1-9H3,(H,29,36)(H2,30,31,32,33). The summed E-state index contributed by atoms with van der Waals surface area (Å²) in [5, 5.41) is 17.7. The summed E-state index contributed by atoms with van der Waals surface area (Å²) >= 11 is 2.29. The van der Waals surface area contributed by atoms with Gasteiger partial charge in [0.25, 0.3) is 5.91 Å². The van der Waals surface area contributed by atoms with E-state index in [1.54, 1.807) is 19.2 Å². The van der Waals surface area contributed by atoms with Crippen molar-refractivity contribution in [2.75, 3.05) is 56.3 Å². The largest absolute Gasteiger partial charge is 0.358 e. The quantitative estimate of drug-likeness (QED) is 0.160. The fourth-order valence-electron chi connectivity index (χ4n) is 3.98. The molecule has 0 unspecified atom stereocenters. The summed E-state index contributed by atoms with van der Waals surface area (Å²) in [6, 6.07) is 5.49. The SMILES string of the molecule is CNC(=O)c1ccc(C)c(Nc2nc(NCC(C)(C)CN(C)I)nc(N(C)CC(C)(C)C)c2C=N)c1. The molecule has 0 aliphatic carbocycles. The first kappa shape index (κ1) is 29.8. The first-order chi connectivity index (χ1) is 16.7. The number of halogens is 1. The number of amides is 1. The Bertz CT molecular complexity index is 1080. The summed E-state index contributed by atoms with van der Waals surface area (Å²) in [4.78, 5) is 23.9. The molecule has 0 aliphatic rings. The van der Waals surface area contributed by atoms with Crippen molar-refractivity contribution < 1.29 is 4.79 Å². The lowest BCUT2D eigenvalue weighted by Gasteiger charge is -2.30. The van der Waals surface area contributed by atoms with Crippen LogP contribution in [0.3, 0.4) is 0 Å². The average Bonchev–Trinajstić information content (AvgIpc) is 2.76. The van der Waals surface area contributed by atoms with Crippen LogP contribution in [-0.4, -0.2) is 66.0 Å². The van der Waals surface area contributed by atoms with E-state index in [2.05, 4.69) is 88.5 Å². The lowest BCUT2D eigenvalue weighted by Crippen LogP contribution is -2.33. The molecule has 10 heteroatoms. The number of benzene rings is 1. The van der Waals surface area contributed by atoms with Gasteiger partial charge in [0.2, 0.25) is 5.95 Å². The Morgan fingerprint density at radius 3 is 2.36 bits per heavy atom. The Morgan fingerprint density at radius 2 is 1.81 bits per heavy atom. The van der Waals surface area contributed by atoms with Gasteiger partial charge < -0.3 is 26.3 Å². The number of anilines is 4. The van der Waals surface area contributed by atoms with E-state index in [1.165, 1.54) is 6.21 Å². The number of carbonyl (C=O) groups excluding carboxylic acids is 1. The van der Waals surface area contributed by atoms with Gasteiger partial charge >= 0.3 is 0 Å².